The van der Waals surface area contributed by atoms with Gasteiger partial charge < -0.3 is 15.6 Å². The fourth-order valence-corrected chi connectivity index (χ4v) is 1.05. The van der Waals surface area contributed by atoms with E-state index in [1.165, 1.54) is 6.39 Å². The first-order valence-corrected chi connectivity index (χ1v) is 4.84. The maximum Gasteiger partial charge on any atom is 0.237 e. The molecule has 1 aromatic heterocycles. The van der Waals surface area contributed by atoms with E-state index in [2.05, 4.69) is 20.0 Å². The monoisotopic (exact) mass is 212 g/mol. The molecule has 0 spiro atoms. The van der Waals surface area contributed by atoms with Gasteiger partial charge in [0.05, 0.1) is 12.1 Å². The van der Waals surface area contributed by atoms with E-state index in [1.54, 1.807) is 6.92 Å². The van der Waals surface area contributed by atoms with Crippen molar-refractivity contribution in [3.63, 3.8) is 0 Å². The third kappa shape index (κ3) is 3.02. The molecule has 0 fully saturated rings. The number of carbonyl (C=O) groups excluding carboxylic acids is 1. The number of nitrogens with zero attached hydrogens (tertiary/aromatic N) is 2. The van der Waals surface area contributed by atoms with Crippen molar-refractivity contribution in [1.82, 2.24) is 15.5 Å². The maximum atomic E-state index is 11.6. The Kier molecular flexibility index (Phi) is 3.79. The van der Waals surface area contributed by atoms with Crippen LogP contribution in [-0.4, -0.2) is 22.1 Å². The molecule has 84 valence electrons. The first-order chi connectivity index (χ1) is 7.02. The molecule has 0 aliphatic carbocycles. The predicted molar refractivity (Wildman–Crippen MR) is 53.7 cm³/mol. The normalized spacial score (nSPS) is 15.0. The lowest BCUT2D eigenvalue weighted by Crippen LogP contribution is -2.44. The van der Waals surface area contributed by atoms with E-state index >= 15 is 0 Å². The van der Waals surface area contributed by atoms with E-state index in [1.807, 2.05) is 13.8 Å². The van der Waals surface area contributed by atoms with E-state index in [9.17, 15) is 4.79 Å². The predicted octanol–water partition coefficient (Wildman–Crippen LogP) is 0.230. The van der Waals surface area contributed by atoms with Gasteiger partial charge in [-0.3, -0.25) is 4.79 Å². The van der Waals surface area contributed by atoms with Crippen LogP contribution in [0.4, 0.5) is 0 Å². The number of rotatable bonds is 4. The Morgan fingerprint density at radius 1 is 1.53 bits per heavy atom. The van der Waals surface area contributed by atoms with Gasteiger partial charge in [-0.2, -0.15) is 4.98 Å². The number of nitrogens with one attached hydrogen (secondary N) is 1. The molecule has 0 saturated heterocycles. The van der Waals surface area contributed by atoms with Crippen molar-refractivity contribution in [2.75, 3.05) is 0 Å². The van der Waals surface area contributed by atoms with Gasteiger partial charge in [-0.1, -0.05) is 19.0 Å². The van der Waals surface area contributed by atoms with Crippen LogP contribution in [0.25, 0.3) is 0 Å². The third-order valence-electron chi connectivity index (χ3n) is 2.15. The summed E-state index contributed by atoms with van der Waals surface area (Å²) in [5.41, 5.74) is 5.69. The van der Waals surface area contributed by atoms with Crippen molar-refractivity contribution in [1.29, 1.82) is 0 Å². The molecule has 1 aromatic rings. The van der Waals surface area contributed by atoms with Crippen LogP contribution < -0.4 is 11.1 Å². The van der Waals surface area contributed by atoms with Crippen molar-refractivity contribution < 1.29 is 9.32 Å². The Labute approximate surface area is 88.2 Å². The van der Waals surface area contributed by atoms with Gasteiger partial charge in [0, 0.05) is 0 Å². The molecule has 1 rings (SSSR count). The molecule has 0 radical (unpaired) electrons. The molecular weight excluding hydrogens is 196 g/mol. The number of aromatic nitrogens is 2. The van der Waals surface area contributed by atoms with Crippen LogP contribution in [0.5, 0.6) is 0 Å². The molecule has 6 nitrogen and oxygen atoms in total. The number of nitrogens with two attached hydrogens (primary N) is 1. The summed E-state index contributed by atoms with van der Waals surface area (Å²) >= 11 is 0. The minimum atomic E-state index is -0.514. The van der Waals surface area contributed by atoms with Gasteiger partial charge in [0.15, 0.2) is 5.82 Å². The highest BCUT2D eigenvalue weighted by atomic mass is 16.5. The Balaban J connectivity index is 2.52. The summed E-state index contributed by atoms with van der Waals surface area (Å²) in [5.74, 6) is 0.337. The summed E-state index contributed by atoms with van der Waals surface area (Å²) in [6.07, 6.45) is 1.22. The molecule has 1 unspecified atom stereocenters. The average molecular weight is 212 g/mol. The second kappa shape index (κ2) is 4.88. The minimum absolute atomic E-state index is 0.0995. The molecule has 6 heteroatoms. The van der Waals surface area contributed by atoms with Gasteiger partial charge in [0.1, 0.15) is 0 Å². The molecule has 0 bridgehead atoms. The Morgan fingerprint density at radius 3 is 2.67 bits per heavy atom. The summed E-state index contributed by atoms with van der Waals surface area (Å²) < 4.78 is 4.58. The van der Waals surface area contributed by atoms with Crippen molar-refractivity contribution in [2.45, 2.75) is 32.9 Å². The van der Waals surface area contributed by atoms with E-state index in [4.69, 9.17) is 5.73 Å². The molecule has 15 heavy (non-hydrogen) atoms. The van der Waals surface area contributed by atoms with Crippen molar-refractivity contribution in [3.8, 4) is 0 Å². The van der Waals surface area contributed by atoms with E-state index < -0.39 is 6.04 Å². The van der Waals surface area contributed by atoms with Crippen molar-refractivity contribution in [2.24, 2.45) is 11.7 Å². The lowest BCUT2D eigenvalue weighted by atomic mass is 10.0. The van der Waals surface area contributed by atoms with Gasteiger partial charge in [-0.25, -0.2) is 0 Å². The van der Waals surface area contributed by atoms with Crippen LogP contribution in [0.15, 0.2) is 10.9 Å². The van der Waals surface area contributed by atoms with Gasteiger partial charge in [-0.15, -0.1) is 0 Å². The van der Waals surface area contributed by atoms with E-state index in [-0.39, 0.29) is 17.9 Å². The number of hydrogen-bond acceptors (Lipinski definition) is 5. The summed E-state index contributed by atoms with van der Waals surface area (Å²) in [6, 6.07) is -0.805. The number of carbonyl (C=O) groups is 1. The molecule has 0 saturated carbocycles. The van der Waals surface area contributed by atoms with Crippen molar-refractivity contribution in [3.05, 3.63) is 12.2 Å². The Bertz CT molecular complexity index is 310. The highest BCUT2D eigenvalue weighted by Crippen LogP contribution is 2.06. The average Bonchev–Trinajstić information content (AvgIpc) is 2.68. The topological polar surface area (TPSA) is 94.0 Å². The molecular formula is C9H16N4O2. The lowest BCUT2D eigenvalue weighted by Gasteiger charge is -2.17. The minimum Gasteiger partial charge on any atom is -0.345 e. The van der Waals surface area contributed by atoms with Crippen LogP contribution in [0, 0.1) is 5.92 Å². The number of amides is 1. The summed E-state index contributed by atoms with van der Waals surface area (Å²) in [5, 5.41) is 6.35. The largest absolute Gasteiger partial charge is 0.345 e. The van der Waals surface area contributed by atoms with Crippen molar-refractivity contribution >= 4 is 5.91 Å². The van der Waals surface area contributed by atoms with Gasteiger partial charge in [0.25, 0.3) is 0 Å². The first kappa shape index (κ1) is 11.6. The quantitative estimate of drug-likeness (QED) is 0.745. The molecule has 0 aliphatic heterocycles. The smallest absolute Gasteiger partial charge is 0.237 e. The molecule has 2 atom stereocenters. The summed E-state index contributed by atoms with van der Waals surface area (Å²) in [6.45, 7) is 5.56. The van der Waals surface area contributed by atoms with Crippen LogP contribution in [-0.2, 0) is 4.79 Å². The lowest BCUT2D eigenvalue weighted by molar-refractivity contribution is -0.123. The van der Waals surface area contributed by atoms with Crippen LogP contribution >= 0.6 is 0 Å². The zero-order valence-electron chi connectivity index (χ0n) is 9.10. The summed E-state index contributed by atoms with van der Waals surface area (Å²) in [4.78, 5) is 15.4. The zero-order chi connectivity index (χ0) is 11.4. The second-order valence-electron chi connectivity index (χ2n) is 3.79. The van der Waals surface area contributed by atoms with Crippen LogP contribution in [0.3, 0.4) is 0 Å². The van der Waals surface area contributed by atoms with E-state index in [0.717, 1.165) is 0 Å². The van der Waals surface area contributed by atoms with Crippen LogP contribution in [0.2, 0.25) is 0 Å². The van der Waals surface area contributed by atoms with E-state index in [0.29, 0.717) is 5.82 Å². The fourth-order valence-electron chi connectivity index (χ4n) is 1.05. The molecule has 1 amide bonds. The zero-order valence-corrected chi connectivity index (χ0v) is 9.10. The van der Waals surface area contributed by atoms with Gasteiger partial charge in [-0.05, 0) is 12.8 Å². The van der Waals surface area contributed by atoms with Gasteiger partial charge in [0.2, 0.25) is 12.3 Å². The standard InChI is InChI=1S/C9H16N4O2/c1-5(2)7(10)9(14)12-6(3)8-11-4-15-13-8/h4-7H,10H2,1-3H3,(H,12,14)/t6?,7-/m1/s1. The second-order valence-corrected chi connectivity index (χ2v) is 3.79. The molecule has 0 aromatic carbocycles. The molecule has 0 aliphatic rings. The maximum absolute atomic E-state index is 11.6. The fraction of sp³-hybridized carbons (Fsp3) is 0.667. The molecule has 3 N–H and O–H groups in total. The highest BCUT2D eigenvalue weighted by molar-refractivity contribution is 5.82. The van der Waals surface area contributed by atoms with Gasteiger partial charge >= 0.3 is 0 Å². The molecule has 1 heterocycles. The Morgan fingerprint density at radius 2 is 2.20 bits per heavy atom. The first-order valence-electron chi connectivity index (χ1n) is 4.84. The van der Waals surface area contributed by atoms with Crippen LogP contribution in [0.1, 0.15) is 32.6 Å². The summed E-state index contributed by atoms with van der Waals surface area (Å²) in [7, 11) is 0. The number of hydrogen-bond donors (Lipinski definition) is 2. The highest BCUT2D eigenvalue weighted by Gasteiger charge is 2.20. The SMILES string of the molecule is CC(NC(=O)[C@H](N)C(C)C)c1ncon1. The Hall–Kier alpha value is -1.43. The third-order valence-corrected chi connectivity index (χ3v) is 2.15.